The molecular formula is C14H20O3S. The number of carbonyl (C=O) groups is 1. The molecule has 2 atom stereocenters. The lowest BCUT2D eigenvalue weighted by molar-refractivity contribution is 0.102. The van der Waals surface area contributed by atoms with Gasteiger partial charge in [0, 0.05) is 21.6 Å². The minimum atomic E-state index is -1.08. The van der Waals surface area contributed by atoms with Crippen LogP contribution >= 0.6 is 0 Å². The molecular weight excluding hydrogens is 248 g/mol. The normalized spacial score (nSPS) is 13.9. The molecule has 1 aromatic rings. The zero-order valence-corrected chi connectivity index (χ0v) is 12.0. The minimum Gasteiger partial charge on any atom is -0.494 e. The second-order valence-corrected chi connectivity index (χ2v) is 5.98. The van der Waals surface area contributed by atoms with Crippen LogP contribution in [0.4, 0.5) is 0 Å². The fraction of sp³-hybridized carbons (Fsp3) is 0.500. The molecule has 0 amide bonds. The predicted octanol–water partition coefficient (Wildman–Crippen LogP) is 2.82. The van der Waals surface area contributed by atoms with Crippen LogP contribution in [0.3, 0.4) is 0 Å². The molecule has 3 nitrogen and oxygen atoms in total. The molecule has 0 aliphatic carbocycles. The summed E-state index contributed by atoms with van der Waals surface area (Å²) in [4.78, 5) is 11.9. The molecule has 18 heavy (non-hydrogen) atoms. The van der Waals surface area contributed by atoms with Crippen molar-refractivity contribution < 1.29 is 13.7 Å². The zero-order chi connectivity index (χ0) is 13.5. The molecule has 0 bridgehead atoms. The summed E-state index contributed by atoms with van der Waals surface area (Å²) >= 11 is 0. The van der Waals surface area contributed by atoms with E-state index in [1.54, 1.807) is 24.3 Å². The van der Waals surface area contributed by atoms with Crippen molar-refractivity contribution in [2.45, 2.75) is 32.4 Å². The zero-order valence-electron chi connectivity index (χ0n) is 11.1. The van der Waals surface area contributed by atoms with Gasteiger partial charge in [0.2, 0.25) is 0 Å². The summed E-state index contributed by atoms with van der Waals surface area (Å²) in [6.07, 6.45) is 0.823. The monoisotopic (exact) mass is 268 g/mol. The van der Waals surface area contributed by atoms with Crippen LogP contribution in [0.1, 0.15) is 37.6 Å². The van der Waals surface area contributed by atoms with E-state index in [9.17, 15) is 9.00 Å². The Morgan fingerprint density at radius 3 is 2.39 bits per heavy atom. The van der Waals surface area contributed by atoms with Crippen LogP contribution in [0.2, 0.25) is 0 Å². The molecule has 0 saturated carbocycles. The van der Waals surface area contributed by atoms with E-state index in [-0.39, 0.29) is 16.8 Å². The van der Waals surface area contributed by atoms with E-state index in [0.717, 1.165) is 12.2 Å². The van der Waals surface area contributed by atoms with E-state index in [1.807, 2.05) is 20.8 Å². The molecule has 0 spiro atoms. The summed E-state index contributed by atoms with van der Waals surface area (Å²) in [6, 6.07) is 6.98. The molecule has 0 fully saturated rings. The van der Waals surface area contributed by atoms with Crippen molar-refractivity contribution in [1.29, 1.82) is 0 Å². The average molecular weight is 268 g/mol. The quantitative estimate of drug-likeness (QED) is 0.714. The first-order chi connectivity index (χ1) is 8.58. The van der Waals surface area contributed by atoms with Gasteiger partial charge in [0.15, 0.2) is 5.78 Å². The van der Waals surface area contributed by atoms with E-state index < -0.39 is 10.8 Å². The third-order valence-corrected chi connectivity index (χ3v) is 4.56. The van der Waals surface area contributed by atoms with Gasteiger partial charge < -0.3 is 4.74 Å². The van der Waals surface area contributed by atoms with Gasteiger partial charge in [-0.15, -0.1) is 0 Å². The van der Waals surface area contributed by atoms with Gasteiger partial charge in [-0.05, 0) is 37.6 Å². The lowest BCUT2D eigenvalue weighted by Crippen LogP contribution is -2.19. The van der Waals surface area contributed by atoms with Crippen molar-refractivity contribution in [3.8, 4) is 5.75 Å². The predicted molar refractivity (Wildman–Crippen MR) is 74.7 cm³/mol. The highest BCUT2D eigenvalue weighted by Crippen LogP contribution is 2.13. The number of ketones is 1. The van der Waals surface area contributed by atoms with Gasteiger partial charge in [-0.1, -0.05) is 13.8 Å². The third-order valence-electron chi connectivity index (χ3n) is 2.78. The van der Waals surface area contributed by atoms with Crippen molar-refractivity contribution >= 4 is 16.6 Å². The number of carbonyl (C=O) groups excluding carboxylic acids is 1. The SMILES string of the molecule is CCOc1ccc(C(=O)CS(=O)C(C)CC)cc1. The lowest BCUT2D eigenvalue weighted by atomic mass is 10.1. The van der Waals surface area contributed by atoms with Gasteiger partial charge in [-0.3, -0.25) is 9.00 Å². The molecule has 0 radical (unpaired) electrons. The fourth-order valence-corrected chi connectivity index (χ4v) is 2.53. The van der Waals surface area contributed by atoms with E-state index in [0.29, 0.717) is 12.2 Å². The Labute approximate surface area is 111 Å². The van der Waals surface area contributed by atoms with Gasteiger partial charge in [0.05, 0.1) is 12.4 Å². The number of hydrogen-bond donors (Lipinski definition) is 0. The Balaban J connectivity index is 2.64. The maximum Gasteiger partial charge on any atom is 0.175 e. The van der Waals surface area contributed by atoms with Crippen LogP contribution in [0, 0.1) is 0 Å². The number of Topliss-reactive ketones (excluding diaryl/α,β-unsaturated/α-hetero) is 1. The summed E-state index contributed by atoms with van der Waals surface area (Å²) in [5.74, 6) is 0.775. The Bertz CT molecular complexity index is 412. The molecule has 4 heteroatoms. The molecule has 100 valence electrons. The number of benzene rings is 1. The molecule has 0 heterocycles. The van der Waals surface area contributed by atoms with Gasteiger partial charge in [-0.25, -0.2) is 0 Å². The molecule has 1 rings (SSSR count). The van der Waals surface area contributed by atoms with Crippen molar-refractivity contribution in [3.05, 3.63) is 29.8 Å². The number of hydrogen-bond acceptors (Lipinski definition) is 3. The topological polar surface area (TPSA) is 43.4 Å². The largest absolute Gasteiger partial charge is 0.494 e. The van der Waals surface area contributed by atoms with Gasteiger partial charge >= 0.3 is 0 Å². The Morgan fingerprint density at radius 2 is 1.89 bits per heavy atom. The van der Waals surface area contributed by atoms with Gasteiger partial charge in [-0.2, -0.15) is 0 Å². The van der Waals surface area contributed by atoms with Gasteiger partial charge in [0.1, 0.15) is 5.75 Å². The highest BCUT2D eigenvalue weighted by molar-refractivity contribution is 7.86. The van der Waals surface area contributed by atoms with Crippen LogP contribution in [-0.2, 0) is 10.8 Å². The van der Waals surface area contributed by atoms with Crippen molar-refractivity contribution in [2.75, 3.05) is 12.4 Å². The van der Waals surface area contributed by atoms with Crippen molar-refractivity contribution in [2.24, 2.45) is 0 Å². The standard InChI is InChI=1S/C14H20O3S/c1-4-11(3)18(16)10-14(15)12-6-8-13(9-7-12)17-5-2/h6-9,11H,4-5,10H2,1-3H3. The first-order valence-corrected chi connectivity index (χ1v) is 7.59. The molecule has 0 aromatic heterocycles. The average Bonchev–Trinajstić information content (AvgIpc) is 2.38. The van der Waals surface area contributed by atoms with Crippen molar-refractivity contribution in [1.82, 2.24) is 0 Å². The summed E-state index contributed by atoms with van der Waals surface area (Å²) in [5.41, 5.74) is 0.593. The van der Waals surface area contributed by atoms with Crippen LogP contribution in [0.25, 0.3) is 0 Å². The number of ether oxygens (including phenoxy) is 1. The summed E-state index contributed by atoms with van der Waals surface area (Å²) < 4.78 is 17.1. The first-order valence-electron chi connectivity index (χ1n) is 6.21. The Morgan fingerprint density at radius 1 is 1.28 bits per heavy atom. The summed E-state index contributed by atoms with van der Waals surface area (Å²) in [7, 11) is -1.08. The highest BCUT2D eigenvalue weighted by Gasteiger charge is 2.15. The van der Waals surface area contributed by atoms with Crippen LogP contribution in [-0.4, -0.2) is 27.6 Å². The van der Waals surface area contributed by atoms with E-state index in [2.05, 4.69) is 0 Å². The van der Waals surface area contributed by atoms with E-state index >= 15 is 0 Å². The summed E-state index contributed by atoms with van der Waals surface area (Å²) in [5, 5.41) is 0.0663. The molecule has 0 aliphatic heterocycles. The van der Waals surface area contributed by atoms with E-state index in [1.165, 1.54) is 0 Å². The van der Waals surface area contributed by atoms with Crippen LogP contribution in [0.5, 0.6) is 5.75 Å². The summed E-state index contributed by atoms with van der Waals surface area (Å²) in [6.45, 7) is 6.39. The second kappa shape index (κ2) is 7.31. The number of rotatable bonds is 7. The maximum absolute atomic E-state index is 11.9. The third kappa shape index (κ3) is 4.26. The molecule has 0 saturated heterocycles. The molecule has 2 unspecified atom stereocenters. The first kappa shape index (κ1) is 14.9. The van der Waals surface area contributed by atoms with Crippen molar-refractivity contribution in [3.63, 3.8) is 0 Å². The Hall–Kier alpha value is -1.16. The van der Waals surface area contributed by atoms with E-state index in [4.69, 9.17) is 4.74 Å². The second-order valence-electron chi connectivity index (χ2n) is 4.12. The highest BCUT2D eigenvalue weighted by atomic mass is 32.2. The Kier molecular flexibility index (Phi) is 6.05. The smallest absolute Gasteiger partial charge is 0.175 e. The van der Waals surface area contributed by atoms with Crippen LogP contribution < -0.4 is 4.74 Å². The van der Waals surface area contributed by atoms with Gasteiger partial charge in [0.25, 0.3) is 0 Å². The maximum atomic E-state index is 11.9. The lowest BCUT2D eigenvalue weighted by Gasteiger charge is -2.08. The molecule has 0 N–H and O–H groups in total. The minimum absolute atomic E-state index is 0.0663. The fourth-order valence-electron chi connectivity index (χ4n) is 1.44. The van der Waals surface area contributed by atoms with Crippen LogP contribution in [0.15, 0.2) is 24.3 Å². The molecule has 0 aliphatic rings. The molecule has 1 aromatic carbocycles.